The molecule has 1 heterocycles. The van der Waals surface area contributed by atoms with Crippen LogP contribution in [0.3, 0.4) is 0 Å². The molecular weight excluding hydrogens is 339 g/mol. The Labute approximate surface area is 111 Å². The Hall–Kier alpha value is -0.540. The molecular formula is C9H11IN4OS. The highest BCUT2D eigenvalue weighted by atomic mass is 127. The van der Waals surface area contributed by atoms with Crippen LogP contribution in [-0.2, 0) is 0 Å². The predicted molar refractivity (Wildman–Crippen MR) is 74.6 cm³/mol. The molecule has 0 fully saturated rings. The topological polar surface area (TPSA) is 77.0 Å². The average Bonchev–Trinajstić information content (AvgIpc) is 2.70. The normalized spacial score (nSPS) is 15.0. The minimum atomic E-state index is -0.574. The maximum Gasteiger partial charge on any atom is 0.187 e. The molecule has 16 heavy (non-hydrogen) atoms. The Kier molecular flexibility index (Phi) is 3.27. The van der Waals surface area contributed by atoms with Crippen molar-refractivity contribution in [2.75, 3.05) is 11.6 Å². The van der Waals surface area contributed by atoms with Gasteiger partial charge in [-0.15, -0.1) is 11.8 Å². The third-order valence-electron chi connectivity index (χ3n) is 2.23. The molecule has 0 saturated carbocycles. The quantitative estimate of drug-likeness (QED) is 0.383. The maximum atomic E-state index is 6.04. The molecule has 0 radical (unpaired) electrons. The van der Waals surface area contributed by atoms with Gasteiger partial charge in [-0.05, 0) is 57.7 Å². The van der Waals surface area contributed by atoms with Crippen molar-refractivity contribution < 1.29 is 4.63 Å². The van der Waals surface area contributed by atoms with Crippen molar-refractivity contribution in [1.82, 2.24) is 10.3 Å². The van der Waals surface area contributed by atoms with Crippen LogP contribution in [0.4, 0.5) is 5.69 Å². The van der Waals surface area contributed by atoms with Gasteiger partial charge < -0.3 is 5.32 Å². The number of anilines is 1. The summed E-state index contributed by atoms with van der Waals surface area (Å²) < 4.78 is 4.14. The van der Waals surface area contributed by atoms with Gasteiger partial charge in [-0.3, -0.25) is 5.73 Å². The van der Waals surface area contributed by atoms with Crippen LogP contribution in [0.5, 0.6) is 0 Å². The van der Waals surface area contributed by atoms with Gasteiger partial charge in [-0.1, -0.05) is 6.07 Å². The van der Waals surface area contributed by atoms with Crippen molar-refractivity contribution in [3.05, 3.63) is 17.7 Å². The highest BCUT2D eigenvalue weighted by Crippen LogP contribution is 2.32. The third kappa shape index (κ3) is 2.25. The number of hydrogen-bond acceptors (Lipinski definition) is 6. The average molecular weight is 350 g/mol. The summed E-state index contributed by atoms with van der Waals surface area (Å²) in [7, 11) is 0. The first-order valence-corrected chi connectivity index (χ1v) is 6.87. The molecule has 7 heteroatoms. The zero-order valence-corrected chi connectivity index (χ0v) is 11.8. The molecule has 0 amide bonds. The first-order chi connectivity index (χ1) is 7.53. The number of aryl methyl sites for hydroxylation is 1. The first-order valence-electron chi connectivity index (χ1n) is 4.56. The number of benzene rings is 1. The molecule has 3 N–H and O–H groups in total. The molecule has 86 valence electrons. The second-order valence-corrected chi connectivity index (χ2v) is 6.85. The summed E-state index contributed by atoms with van der Waals surface area (Å²) in [6, 6.07) is 3.83. The number of nitrogens with one attached hydrogen (secondary N) is 1. The largest absolute Gasteiger partial charge is 0.349 e. The number of aromatic nitrogens is 2. The lowest BCUT2D eigenvalue weighted by Gasteiger charge is -2.23. The van der Waals surface area contributed by atoms with Crippen LogP contribution >= 0.6 is 34.4 Å². The fourth-order valence-corrected chi connectivity index (χ4v) is 1.81. The van der Waals surface area contributed by atoms with Gasteiger partial charge >= 0.3 is 0 Å². The van der Waals surface area contributed by atoms with Crippen LogP contribution in [0.15, 0.2) is 16.8 Å². The summed E-state index contributed by atoms with van der Waals surface area (Å²) in [5.41, 5.74) is 9.39. The molecule has 0 aliphatic rings. The van der Waals surface area contributed by atoms with Gasteiger partial charge in [0.05, 0.1) is 5.69 Å². The molecule has 1 unspecified atom stereocenters. The zero-order valence-electron chi connectivity index (χ0n) is 8.82. The monoisotopic (exact) mass is 350 g/mol. The summed E-state index contributed by atoms with van der Waals surface area (Å²) in [5, 5.41) is 10.9. The number of thioether (sulfide) groups is 1. The van der Waals surface area contributed by atoms with Gasteiger partial charge in [0, 0.05) is 0 Å². The van der Waals surface area contributed by atoms with Crippen LogP contribution < -0.4 is 11.1 Å². The van der Waals surface area contributed by atoms with Gasteiger partial charge in [-0.25, -0.2) is 4.63 Å². The number of nitrogens with zero attached hydrogens (tertiary/aromatic N) is 2. The van der Waals surface area contributed by atoms with Gasteiger partial charge in [0.1, 0.15) is 5.52 Å². The Bertz CT molecular complexity index is 513. The minimum Gasteiger partial charge on any atom is -0.349 e. The number of rotatable bonds is 3. The highest BCUT2D eigenvalue weighted by molar-refractivity contribution is 14.1. The van der Waals surface area contributed by atoms with Crippen LogP contribution in [-0.4, -0.2) is 19.6 Å². The van der Waals surface area contributed by atoms with E-state index in [1.165, 1.54) is 11.8 Å². The van der Waals surface area contributed by atoms with Crippen LogP contribution in [0, 0.1) is 6.92 Å². The van der Waals surface area contributed by atoms with Crippen LogP contribution in [0.25, 0.3) is 11.0 Å². The van der Waals surface area contributed by atoms with Gasteiger partial charge in [-0.2, -0.15) is 0 Å². The van der Waals surface area contributed by atoms with Crippen molar-refractivity contribution in [3.8, 4) is 0 Å². The highest BCUT2D eigenvalue weighted by Gasteiger charge is 2.21. The summed E-state index contributed by atoms with van der Waals surface area (Å²) in [5.74, 6) is 0. The molecule has 0 saturated heterocycles. The first kappa shape index (κ1) is 11.9. The predicted octanol–water partition coefficient (Wildman–Crippen LogP) is 2.31. The number of alkyl halides is 1. The van der Waals surface area contributed by atoms with Gasteiger partial charge in [0.15, 0.2) is 8.52 Å². The molecule has 0 aliphatic carbocycles. The van der Waals surface area contributed by atoms with Crippen molar-refractivity contribution >= 4 is 51.1 Å². The molecule has 0 aliphatic heterocycles. The van der Waals surface area contributed by atoms with E-state index in [9.17, 15) is 0 Å². The van der Waals surface area contributed by atoms with Crippen molar-refractivity contribution in [3.63, 3.8) is 0 Å². The van der Waals surface area contributed by atoms with E-state index in [0.29, 0.717) is 5.52 Å². The van der Waals surface area contributed by atoms with E-state index in [1.807, 2.05) is 25.3 Å². The third-order valence-corrected chi connectivity index (χ3v) is 4.52. The maximum absolute atomic E-state index is 6.04. The molecule has 1 aromatic heterocycles. The molecule has 0 bridgehead atoms. The molecule has 2 rings (SSSR count). The number of nitrogens with two attached hydrogens (primary N) is 1. The summed E-state index contributed by atoms with van der Waals surface area (Å²) in [6.07, 6.45) is 1.94. The lowest BCUT2D eigenvalue weighted by atomic mass is 10.1. The van der Waals surface area contributed by atoms with Crippen molar-refractivity contribution in [2.24, 2.45) is 5.73 Å². The molecule has 2 aromatic rings. The number of fused-ring (bicyclic) bond motifs is 1. The molecule has 1 aromatic carbocycles. The fourth-order valence-electron chi connectivity index (χ4n) is 1.33. The summed E-state index contributed by atoms with van der Waals surface area (Å²) in [4.78, 5) is 0. The fraction of sp³-hybridized carbons (Fsp3) is 0.333. The van der Waals surface area contributed by atoms with Gasteiger partial charge in [0.2, 0.25) is 0 Å². The summed E-state index contributed by atoms with van der Waals surface area (Å²) >= 11 is 3.66. The van der Waals surface area contributed by atoms with Crippen molar-refractivity contribution in [2.45, 2.75) is 9.93 Å². The standard InChI is InChI=1S/C9H11IN4OS/c1-5-3-4-6-8(14-15-13-6)7(5)12-9(10,11)16-2/h3-4,12H,11H2,1-2H3. The van der Waals surface area contributed by atoms with Gasteiger partial charge in [0.25, 0.3) is 0 Å². The minimum absolute atomic E-state index is 0.574. The van der Waals surface area contributed by atoms with E-state index in [-0.39, 0.29) is 0 Å². The van der Waals surface area contributed by atoms with E-state index in [0.717, 1.165) is 16.8 Å². The van der Waals surface area contributed by atoms with E-state index < -0.39 is 3.00 Å². The Morgan fingerprint density at radius 1 is 1.50 bits per heavy atom. The zero-order chi connectivity index (χ0) is 11.8. The second-order valence-electron chi connectivity index (χ2n) is 3.36. The lowest BCUT2D eigenvalue weighted by molar-refractivity contribution is 0.315. The van der Waals surface area contributed by atoms with E-state index in [1.54, 1.807) is 0 Å². The van der Waals surface area contributed by atoms with E-state index in [2.05, 4.69) is 38.2 Å². The molecule has 0 spiro atoms. The summed E-state index contributed by atoms with van der Waals surface area (Å²) in [6.45, 7) is 1.99. The smallest absolute Gasteiger partial charge is 0.187 e. The second kappa shape index (κ2) is 4.38. The lowest BCUT2D eigenvalue weighted by Crippen LogP contribution is -2.37. The molecule has 1 atom stereocenters. The number of hydrogen-bond donors (Lipinski definition) is 2. The molecule has 5 nitrogen and oxygen atoms in total. The van der Waals surface area contributed by atoms with E-state index >= 15 is 0 Å². The van der Waals surface area contributed by atoms with Crippen molar-refractivity contribution in [1.29, 1.82) is 0 Å². The SMILES string of the molecule is CSC(N)(I)Nc1c(C)ccc2nonc12. The Morgan fingerprint density at radius 2 is 2.25 bits per heavy atom. The van der Waals surface area contributed by atoms with E-state index in [4.69, 9.17) is 10.4 Å². The van der Waals surface area contributed by atoms with Crippen LogP contribution in [0.1, 0.15) is 5.56 Å². The Morgan fingerprint density at radius 3 is 2.94 bits per heavy atom. The van der Waals surface area contributed by atoms with Crippen LogP contribution in [0.2, 0.25) is 0 Å². The Balaban J connectivity index is 2.50. The number of halogens is 1.